The number of hydrogen-bond acceptors (Lipinski definition) is 5. The third kappa shape index (κ3) is 2.95. The van der Waals surface area contributed by atoms with Crippen molar-refractivity contribution in [2.24, 2.45) is 0 Å². The van der Waals surface area contributed by atoms with E-state index in [1.165, 1.54) is 28.7 Å². The lowest BCUT2D eigenvalue weighted by Gasteiger charge is -2.29. The van der Waals surface area contributed by atoms with Crippen LogP contribution in [0.4, 0.5) is 11.4 Å². The number of halogens is 1. The molecule has 1 amide bonds. The first kappa shape index (κ1) is 15.6. The van der Waals surface area contributed by atoms with Gasteiger partial charge in [-0.25, -0.2) is 13.4 Å². The Morgan fingerprint density at radius 2 is 2.17 bits per heavy atom. The number of pyridine rings is 1. The van der Waals surface area contributed by atoms with Gasteiger partial charge in [0, 0.05) is 5.02 Å². The van der Waals surface area contributed by atoms with Crippen molar-refractivity contribution in [1.82, 2.24) is 4.98 Å². The lowest BCUT2D eigenvalue weighted by Crippen LogP contribution is -2.38. The van der Waals surface area contributed by atoms with E-state index in [1.54, 1.807) is 12.1 Å². The summed E-state index contributed by atoms with van der Waals surface area (Å²) in [7, 11) is -3.82. The molecule has 3 rings (SSSR count). The molecule has 2 aromatic rings. The molecule has 1 aliphatic rings. The number of rotatable bonds is 4. The summed E-state index contributed by atoms with van der Waals surface area (Å²) in [5.74, 6) is 0.193. The second-order valence-corrected chi connectivity index (χ2v) is 6.99. The normalized spacial score (nSPS) is 13.9. The van der Waals surface area contributed by atoms with Gasteiger partial charge in [-0.05, 0) is 24.3 Å². The van der Waals surface area contributed by atoms with Gasteiger partial charge in [-0.15, -0.1) is 0 Å². The molecular formula is C14H12ClN3O4S. The van der Waals surface area contributed by atoms with Crippen LogP contribution in [0.15, 0.2) is 41.4 Å². The summed E-state index contributed by atoms with van der Waals surface area (Å²) in [5.41, 5.74) is 0.638. The highest BCUT2D eigenvalue weighted by Gasteiger charge is 2.31. The second-order valence-electron chi connectivity index (χ2n) is 4.69. The average Bonchev–Trinajstić information content (AvgIpc) is 2.54. The van der Waals surface area contributed by atoms with Gasteiger partial charge in [0.1, 0.15) is 12.3 Å². The van der Waals surface area contributed by atoms with Crippen LogP contribution in [0.25, 0.3) is 0 Å². The van der Waals surface area contributed by atoms with E-state index in [1.807, 2.05) is 0 Å². The first-order chi connectivity index (χ1) is 11.0. The van der Waals surface area contributed by atoms with Crippen LogP contribution in [0.3, 0.4) is 0 Å². The van der Waals surface area contributed by atoms with Crippen LogP contribution >= 0.6 is 11.6 Å². The van der Waals surface area contributed by atoms with Crippen molar-refractivity contribution in [3.05, 3.63) is 41.6 Å². The Kier molecular flexibility index (Phi) is 4.10. The molecule has 0 fully saturated rings. The van der Waals surface area contributed by atoms with Gasteiger partial charge in [0.25, 0.3) is 10.0 Å². The summed E-state index contributed by atoms with van der Waals surface area (Å²) in [6, 6.07) is 7.52. The monoisotopic (exact) mass is 353 g/mol. The molecule has 9 heteroatoms. The molecule has 1 N–H and O–H groups in total. The van der Waals surface area contributed by atoms with Crippen LogP contribution in [-0.2, 0) is 14.8 Å². The maximum absolute atomic E-state index is 12.9. The van der Waals surface area contributed by atoms with E-state index in [0.29, 0.717) is 17.1 Å². The van der Waals surface area contributed by atoms with Crippen molar-refractivity contribution >= 4 is 39.4 Å². The summed E-state index contributed by atoms with van der Waals surface area (Å²) < 4.78 is 32.3. The molecule has 0 atom stereocenters. The molecule has 0 radical (unpaired) electrons. The summed E-state index contributed by atoms with van der Waals surface area (Å²) in [6.07, 6.45) is 1.88. The van der Waals surface area contributed by atoms with Gasteiger partial charge in [-0.2, -0.15) is 0 Å². The van der Waals surface area contributed by atoms with Gasteiger partial charge < -0.3 is 10.1 Å². The topological polar surface area (TPSA) is 88.6 Å². The fourth-order valence-corrected chi connectivity index (χ4v) is 3.97. The van der Waals surface area contributed by atoms with E-state index in [-0.39, 0.29) is 29.6 Å². The Balaban J connectivity index is 2.08. The minimum absolute atomic E-state index is 0.0756. The van der Waals surface area contributed by atoms with Crippen LogP contribution in [0.2, 0.25) is 5.02 Å². The SMILES string of the molecule is O=CNc1cnc2c(c1)N(S(=O)(=O)c1cccc(Cl)c1)CCO2. The zero-order valence-corrected chi connectivity index (χ0v) is 13.3. The number of fused-ring (bicyclic) bond motifs is 1. The zero-order chi connectivity index (χ0) is 16.4. The molecule has 1 aliphatic heterocycles. The number of aromatic nitrogens is 1. The number of carbonyl (C=O) groups excluding carboxylic acids is 1. The maximum atomic E-state index is 12.9. The smallest absolute Gasteiger partial charge is 0.264 e. The number of sulfonamides is 1. The Bertz CT molecular complexity index is 857. The molecule has 0 spiro atoms. The van der Waals surface area contributed by atoms with Gasteiger partial charge in [0.2, 0.25) is 12.3 Å². The Morgan fingerprint density at radius 1 is 1.35 bits per heavy atom. The molecule has 23 heavy (non-hydrogen) atoms. The molecule has 0 saturated heterocycles. The van der Waals surface area contributed by atoms with Crippen molar-refractivity contribution in [3.63, 3.8) is 0 Å². The molecule has 0 unspecified atom stereocenters. The molecular weight excluding hydrogens is 342 g/mol. The number of hydrogen-bond donors (Lipinski definition) is 1. The number of carbonyl (C=O) groups is 1. The number of nitrogens with one attached hydrogen (secondary N) is 1. The third-order valence-corrected chi connectivity index (χ3v) is 5.29. The lowest BCUT2D eigenvalue weighted by molar-refractivity contribution is -0.105. The van der Waals surface area contributed by atoms with E-state index in [2.05, 4.69) is 10.3 Å². The third-order valence-electron chi connectivity index (χ3n) is 3.24. The van der Waals surface area contributed by atoms with Crippen molar-refractivity contribution < 1.29 is 17.9 Å². The standard InChI is InChI=1S/C14H12ClN3O4S/c15-10-2-1-3-12(6-10)23(20,21)18-4-5-22-14-13(18)7-11(8-16-14)17-9-19/h1-3,6-9H,4-5H2,(H,17,19). The van der Waals surface area contributed by atoms with Crippen molar-refractivity contribution in [2.45, 2.75) is 4.90 Å². The van der Waals surface area contributed by atoms with Crippen molar-refractivity contribution in [1.29, 1.82) is 0 Å². The largest absolute Gasteiger partial charge is 0.474 e. The molecule has 120 valence electrons. The fourth-order valence-electron chi connectivity index (χ4n) is 2.23. The van der Waals surface area contributed by atoms with E-state index in [9.17, 15) is 13.2 Å². The molecule has 0 aliphatic carbocycles. The zero-order valence-electron chi connectivity index (χ0n) is 11.8. The number of ether oxygens (including phenoxy) is 1. The number of benzene rings is 1. The first-order valence-corrected chi connectivity index (χ1v) is 8.45. The maximum Gasteiger partial charge on any atom is 0.264 e. The Labute approximate surface area is 137 Å². The van der Waals surface area contributed by atoms with Gasteiger partial charge in [0.15, 0.2) is 0 Å². The predicted octanol–water partition coefficient (Wildman–Crippen LogP) is 1.89. The Hall–Kier alpha value is -2.32. The van der Waals surface area contributed by atoms with Crippen LogP contribution in [-0.4, -0.2) is 33.0 Å². The summed E-state index contributed by atoms with van der Waals surface area (Å²) >= 11 is 5.89. The highest BCUT2D eigenvalue weighted by atomic mass is 35.5. The summed E-state index contributed by atoms with van der Waals surface area (Å²) in [5, 5.41) is 2.77. The first-order valence-electron chi connectivity index (χ1n) is 6.64. The summed E-state index contributed by atoms with van der Waals surface area (Å²) in [6.45, 7) is 0.314. The van der Waals surface area contributed by atoms with E-state index in [4.69, 9.17) is 16.3 Å². The quantitative estimate of drug-likeness (QED) is 0.848. The molecule has 2 heterocycles. The molecule has 1 aromatic carbocycles. The van der Waals surface area contributed by atoms with Gasteiger partial charge in [-0.1, -0.05) is 17.7 Å². The molecule has 0 bridgehead atoms. The van der Waals surface area contributed by atoms with Crippen LogP contribution in [0.1, 0.15) is 0 Å². The minimum Gasteiger partial charge on any atom is -0.474 e. The van der Waals surface area contributed by atoms with Crippen LogP contribution in [0, 0.1) is 0 Å². The second kappa shape index (κ2) is 6.05. The predicted molar refractivity (Wildman–Crippen MR) is 85.4 cm³/mol. The average molecular weight is 354 g/mol. The van der Waals surface area contributed by atoms with Gasteiger partial charge in [-0.3, -0.25) is 9.10 Å². The van der Waals surface area contributed by atoms with E-state index >= 15 is 0 Å². The molecule has 1 aromatic heterocycles. The lowest BCUT2D eigenvalue weighted by atomic mass is 10.3. The van der Waals surface area contributed by atoms with Crippen molar-refractivity contribution in [2.75, 3.05) is 22.8 Å². The van der Waals surface area contributed by atoms with Crippen LogP contribution in [0.5, 0.6) is 5.88 Å². The number of anilines is 2. The fraction of sp³-hybridized carbons (Fsp3) is 0.143. The van der Waals surface area contributed by atoms with Gasteiger partial charge in [0.05, 0.1) is 23.3 Å². The number of amides is 1. The minimum atomic E-state index is -3.82. The van der Waals surface area contributed by atoms with Crippen molar-refractivity contribution in [3.8, 4) is 5.88 Å². The van der Waals surface area contributed by atoms with Gasteiger partial charge >= 0.3 is 0 Å². The van der Waals surface area contributed by atoms with E-state index < -0.39 is 10.0 Å². The number of nitrogens with zero attached hydrogens (tertiary/aromatic N) is 2. The Morgan fingerprint density at radius 3 is 2.91 bits per heavy atom. The van der Waals surface area contributed by atoms with E-state index in [0.717, 1.165) is 0 Å². The highest BCUT2D eigenvalue weighted by molar-refractivity contribution is 7.92. The van der Waals surface area contributed by atoms with Crippen LogP contribution < -0.4 is 14.4 Å². The molecule has 7 nitrogen and oxygen atoms in total. The molecule has 0 saturated carbocycles. The highest BCUT2D eigenvalue weighted by Crippen LogP contribution is 2.35. The summed E-state index contributed by atoms with van der Waals surface area (Å²) in [4.78, 5) is 14.7.